The van der Waals surface area contributed by atoms with Crippen LogP contribution < -0.4 is 0 Å². The van der Waals surface area contributed by atoms with E-state index >= 15 is 0 Å². The number of halogens is 1. The van der Waals surface area contributed by atoms with E-state index in [4.69, 9.17) is 20.7 Å². The van der Waals surface area contributed by atoms with Crippen LogP contribution in [0.15, 0.2) is 27.6 Å². The highest BCUT2D eigenvalue weighted by Crippen LogP contribution is 2.24. The van der Waals surface area contributed by atoms with Crippen molar-refractivity contribution in [3.05, 3.63) is 23.4 Å². The number of fused-ring (bicyclic) bond motifs is 1. The number of hydrogen-bond donors (Lipinski definition) is 1. The summed E-state index contributed by atoms with van der Waals surface area (Å²) in [5.41, 5.74) is 0.499. The number of rotatable bonds is 1. The van der Waals surface area contributed by atoms with Crippen molar-refractivity contribution in [3.8, 4) is 0 Å². The Morgan fingerprint density at radius 1 is 1.54 bits per heavy atom. The maximum Gasteiger partial charge on any atom is 0.186 e. The molecule has 0 bridgehead atoms. The summed E-state index contributed by atoms with van der Waals surface area (Å²) in [4.78, 5) is 0.276. The first-order valence-electron chi connectivity index (χ1n) is 3.34. The third kappa shape index (κ3) is 1.46. The summed E-state index contributed by atoms with van der Waals surface area (Å²) in [6.45, 7) is 0. The SMILES string of the molecule is O=S(O)c1ccc2onc(Cl)c2c1. The maximum absolute atomic E-state index is 10.7. The fraction of sp³-hybridized carbons (Fsp3) is 0. The smallest absolute Gasteiger partial charge is 0.186 e. The normalized spacial score (nSPS) is 13.4. The van der Waals surface area contributed by atoms with E-state index in [9.17, 15) is 4.21 Å². The second kappa shape index (κ2) is 3.10. The van der Waals surface area contributed by atoms with Gasteiger partial charge in [-0.3, -0.25) is 0 Å². The fourth-order valence-electron chi connectivity index (χ4n) is 0.997. The molecular weight excluding hydrogens is 214 g/mol. The summed E-state index contributed by atoms with van der Waals surface area (Å²) >= 11 is 3.66. The van der Waals surface area contributed by atoms with Crippen LogP contribution in [0.25, 0.3) is 11.0 Å². The zero-order valence-electron chi connectivity index (χ0n) is 6.23. The van der Waals surface area contributed by atoms with Crippen LogP contribution in [0.5, 0.6) is 0 Å². The predicted octanol–water partition coefficient (Wildman–Crippen LogP) is 2.06. The van der Waals surface area contributed by atoms with Gasteiger partial charge in [-0.1, -0.05) is 16.8 Å². The Kier molecular flexibility index (Phi) is 2.07. The van der Waals surface area contributed by atoms with Gasteiger partial charge in [-0.2, -0.15) is 0 Å². The molecule has 1 atom stereocenters. The van der Waals surface area contributed by atoms with Crippen molar-refractivity contribution in [3.63, 3.8) is 0 Å². The Bertz CT molecular complexity index is 482. The predicted molar refractivity (Wildman–Crippen MR) is 48.1 cm³/mol. The van der Waals surface area contributed by atoms with Gasteiger partial charge in [0.05, 0.1) is 10.3 Å². The van der Waals surface area contributed by atoms with Gasteiger partial charge < -0.3 is 9.08 Å². The number of nitrogens with zero attached hydrogens (tertiary/aromatic N) is 1. The van der Waals surface area contributed by atoms with E-state index in [0.29, 0.717) is 11.0 Å². The standard InChI is InChI=1S/C7H4ClNO3S/c8-7-5-3-4(13(10)11)1-2-6(5)12-9-7/h1-3H,(H,10,11). The highest BCUT2D eigenvalue weighted by molar-refractivity contribution is 7.79. The Balaban J connectivity index is 2.72. The molecule has 0 aliphatic carbocycles. The van der Waals surface area contributed by atoms with Gasteiger partial charge in [0.25, 0.3) is 0 Å². The molecule has 6 heteroatoms. The monoisotopic (exact) mass is 217 g/mol. The molecule has 1 heterocycles. The summed E-state index contributed by atoms with van der Waals surface area (Å²) < 4.78 is 24.3. The van der Waals surface area contributed by atoms with E-state index in [1.807, 2.05) is 0 Å². The molecule has 0 spiro atoms. The molecular formula is C7H4ClNO3S. The minimum absolute atomic E-state index is 0.197. The van der Waals surface area contributed by atoms with Crippen molar-refractivity contribution >= 4 is 33.7 Å². The molecule has 1 aromatic heterocycles. The zero-order valence-corrected chi connectivity index (χ0v) is 7.80. The third-order valence-electron chi connectivity index (χ3n) is 1.60. The summed E-state index contributed by atoms with van der Waals surface area (Å²) in [7, 11) is 0. The molecule has 13 heavy (non-hydrogen) atoms. The average Bonchev–Trinajstić information content (AvgIpc) is 2.47. The van der Waals surface area contributed by atoms with E-state index in [-0.39, 0.29) is 10.0 Å². The number of aromatic nitrogens is 1. The van der Waals surface area contributed by atoms with Gasteiger partial charge in [-0.05, 0) is 18.2 Å². The van der Waals surface area contributed by atoms with Crippen molar-refractivity contribution in [2.24, 2.45) is 0 Å². The first-order valence-corrected chi connectivity index (χ1v) is 4.83. The van der Waals surface area contributed by atoms with Crippen LogP contribution in [0, 0.1) is 0 Å². The number of benzene rings is 1. The van der Waals surface area contributed by atoms with Crippen molar-refractivity contribution in [1.29, 1.82) is 0 Å². The molecule has 0 radical (unpaired) electrons. The van der Waals surface area contributed by atoms with Crippen molar-refractivity contribution in [1.82, 2.24) is 5.16 Å². The Morgan fingerprint density at radius 2 is 2.31 bits per heavy atom. The molecule has 0 amide bonds. The first-order chi connectivity index (χ1) is 6.18. The molecule has 68 valence electrons. The Morgan fingerprint density at radius 3 is 3.00 bits per heavy atom. The molecule has 0 aliphatic rings. The van der Waals surface area contributed by atoms with Crippen LogP contribution in [0.4, 0.5) is 0 Å². The molecule has 0 aliphatic heterocycles. The molecule has 1 N–H and O–H groups in total. The first kappa shape index (κ1) is 8.68. The van der Waals surface area contributed by atoms with Gasteiger partial charge in [-0.25, -0.2) is 4.21 Å². The molecule has 0 fully saturated rings. The highest BCUT2D eigenvalue weighted by Gasteiger charge is 2.08. The van der Waals surface area contributed by atoms with E-state index in [1.54, 1.807) is 6.07 Å². The van der Waals surface area contributed by atoms with E-state index in [2.05, 4.69) is 5.16 Å². The van der Waals surface area contributed by atoms with Crippen LogP contribution in [-0.2, 0) is 11.1 Å². The van der Waals surface area contributed by atoms with Crippen LogP contribution in [0.3, 0.4) is 0 Å². The van der Waals surface area contributed by atoms with E-state index in [1.165, 1.54) is 12.1 Å². The van der Waals surface area contributed by atoms with Gasteiger partial charge in [0.2, 0.25) is 0 Å². The summed E-state index contributed by atoms with van der Waals surface area (Å²) in [6.07, 6.45) is 0. The van der Waals surface area contributed by atoms with E-state index < -0.39 is 11.1 Å². The van der Waals surface area contributed by atoms with Crippen LogP contribution in [0.2, 0.25) is 5.15 Å². The fourth-order valence-corrected chi connectivity index (χ4v) is 1.58. The summed E-state index contributed by atoms with van der Waals surface area (Å²) in [5.74, 6) is 0. The van der Waals surface area contributed by atoms with E-state index in [0.717, 1.165) is 0 Å². The lowest BCUT2D eigenvalue weighted by molar-refractivity contribution is 0.457. The molecule has 1 aromatic carbocycles. The lowest BCUT2D eigenvalue weighted by Crippen LogP contribution is -1.86. The van der Waals surface area contributed by atoms with Gasteiger partial charge in [0.1, 0.15) is 0 Å². The highest BCUT2D eigenvalue weighted by atomic mass is 35.5. The van der Waals surface area contributed by atoms with Gasteiger partial charge >= 0.3 is 0 Å². The largest absolute Gasteiger partial charge is 0.355 e. The molecule has 4 nitrogen and oxygen atoms in total. The van der Waals surface area contributed by atoms with Crippen molar-refractivity contribution in [2.75, 3.05) is 0 Å². The minimum atomic E-state index is -2.01. The van der Waals surface area contributed by atoms with Crippen LogP contribution >= 0.6 is 11.6 Å². The zero-order chi connectivity index (χ0) is 9.42. The summed E-state index contributed by atoms with van der Waals surface area (Å²) in [6, 6.07) is 4.52. The van der Waals surface area contributed by atoms with Gasteiger partial charge in [-0.15, -0.1) is 0 Å². The van der Waals surface area contributed by atoms with Crippen molar-refractivity contribution < 1.29 is 13.3 Å². The average molecular weight is 218 g/mol. The quantitative estimate of drug-likeness (QED) is 0.743. The number of hydrogen-bond acceptors (Lipinski definition) is 3. The topological polar surface area (TPSA) is 63.3 Å². The molecule has 2 rings (SSSR count). The second-order valence-electron chi connectivity index (χ2n) is 2.38. The summed E-state index contributed by atoms with van der Waals surface area (Å²) in [5, 5.41) is 4.25. The maximum atomic E-state index is 10.7. The molecule has 0 saturated carbocycles. The Labute approximate surface area is 80.8 Å². The van der Waals surface area contributed by atoms with Crippen molar-refractivity contribution in [2.45, 2.75) is 4.90 Å². The van der Waals surface area contributed by atoms with Gasteiger partial charge in [0, 0.05) is 0 Å². The minimum Gasteiger partial charge on any atom is -0.355 e. The van der Waals surface area contributed by atoms with Gasteiger partial charge in [0.15, 0.2) is 21.8 Å². The lowest BCUT2D eigenvalue weighted by Gasteiger charge is -1.92. The van der Waals surface area contributed by atoms with Crippen LogP contribution in [-0.4, -0.2) is 13.9 Å². The molecule has 1 unspecified atom stereocenters. The molecule has 0 saturated heterocycles. The molecule has 2 aromatic rings. The third-order valence-corrected chi connectivity index (χ3v) is 2.53. The lowest BCUT2D eigenvalue weighted by atomic mass is 10.3. The second-order valence-corrected chi connectivity index (χ2v) is 3.71. The van der Waals surface area contributed by atoms with Crippen LogP contribution in [0.1, 0.15) is 0 Å². The Hall–Kier alpha value is -0.910.